The molecule has 15 N–H and O–H groups in total. The number of phosphoric acid groups is 1. The summed E-state index contributed by atoms with van der Waals surface area (Å²) in [7, 11) is -5.24. The Labute approximate surface area is 325 Å². The third-order valence-corrected chi connectivity index (χ3v) is 11.3. The second-order valence-corrected chi connectivity index (χ2v) is 15.8. The molecule has 3 aliphatic heterocycles. The van der Waals surface area contributed by atoms with Gasteiger partial charge in [-0.25, -0.2) is 4.57 Å². The van der Waals surface area contributed by atoms with Crippen LogP contribution in [0.2, 0.25) is 0 Å². The lowest BCUT2D eigenvalue weighted by Crippen LogP contribution is -2.69. The van der Waals surface area contributed by atoms with Crippen molar-refractivity contribution in [2.24, 2.45) is 0 Å². The predicted octanol–water partition coefficient (Wildman–Crippen LogP) is -7.73. The molecular weight excluding hydrogens is 807 g/mol. The molecule has 0 aromatic heterocycles. The molecule has 4 fully saturated rings. The van der Waals surface area contributed by atoms with Crippen LogP contribution >= 0.6 is 20.5 Å². The van der Waals surface area contributed by atoms with Crippen LogP contribution in [-0.4, -0.2) is 237 Å². The van der Waals surface area contributed by atoms with Crippen molar-refractivity contribution in [1.29, 1.82) is 0 Å². The van der Waals surface area contributed by atoms with Gasteiger partial charge in [-0.3, -0.25) is 9.05 Å². The van der Waals surface area contributed by atoms with Gasteiger partial charge in [-0.15, -0.1) is 0 Å². The van der Waals surface area contributed by atoms with Gasteiger partial charge in [0.25, 0.3) is 0 Å². The van der Waals surface area contributed by atoms with Gasteiger partial charge in [0.05, 0.1) is 26.4 Å². The van der Waals surface area contributed by atoms with Crippen molar-refractivity contribution in [3.63, 3.8) is 0 Å². The molecule has 0 radical (unpaired) electrons. The summed E-state index contributed by atoms with van der Waals surface area (Å²) < 4.78 is 56.6. The van der Waals surface area contributed by atoms with E-state index >= 15 is 0 Å². The Hall–Kier alpha value is -0.340. The van der Waals surface area contributed by atoms with Crippen molar-refractivity contribution in [2.45, 2.75) is 154 Å². The highest BCUT2D eigenvalue weighted by Gasteiger charge is 2.58. The lowest BCUT2D eigenvalue weighted by atomic mass is 9.84. The van der Waals surface area contributed by atoms with Crippen LogP contribution in [0, 0.1) is 0 Å². The molecule has 3 saturated heterocycles. The van der Waals surface area contributed by atoms with E-state index in [0.29, 0.717) is 18.6 Å². The van der Waals surface area contributed by atoms with Gasteiger partial charge in [-0.2, -0.15) is 12.6 Å². The first-order valence-corrected chi connectivity index (χ1v) is 20.1. The summed E-state index contributed by atoms with van der Waals surface area (Å²) >= 11 is 4.11. The van der Waals surface area contributed by atoms with E-state index in [1.807, 2.05) is 0 Å². The summed E-state index contributed by atoms with van der Waals surface area (Å²) in [6, 6.07) is 0. The Morgan fingerprint density at radius 2 is 0.911 bits per heavy atom. The van der Waals surface area contributed by atoms with E-state index in [1.165, 1.54) is 0 Å². The van der Waals surface area contributed by atoms with E-state index < -0.39 is 156 Å². The molecule has 2 unspecified atom stereocenters. The van der Waals surface area contributed by atoms with Crippen molar-refractivity contribution < 1.29 is 118 Å². The van der Waals surface area contributed by atoms with Gasteiger partial charge >= 0.3 is 7.82 Å². The smallest absolute Gasteiger partial charge is 0.394 e. The van der Waals surface area contributed by atoms with Gasteiger partial charge in [0.2, 0.25) is 0 Å². The summed E-state index contributed by atoms with van der Waals surface area (Å²) in [6.07, 6.45) is -39.4. The Morgan fingerprint density at radius 3 is 1.39 bits per heavy atom. The third-order valence-electron chi connectivity index (χ3n) is 9.96. The maximum Gasteiger partial charge on any atom is 0.472 e. The minimum Gasteiger partial charge on any atom is -0.394 e. The number of hydrogen-bond acceptors (Lipinski definition) is 24. The SMILES string of the molecule is O=P(O)(OCCCCCCS)O[C@@H]1[C@H](O[C@H]2O[C@H](CO)[C@@H](O)[C@H](O)[C@@H]2O)[C@H](O)C(O)[C@H](O)[C@H]1O[C@H]1O[C@H](CO[C@H]2O[C@H](CO)[C@@H](O)[C@H](O)[C@@H]2O)[C@@H](O)[C@H](O)[C@@H]1O. The van der Waals surface area contributed by atoms with Crippen molar-refractivity contribution in [3.05, 3.63) is 0 Å². The fourth-order valence-electron chi connectivity index (χ4n) is 6.58. The zero-order valence-corrected chi connectivity index (χ0v) is 31.6. The highest BCUT2D eigenvalue weighted by molar-refractivity contribution is 7.80. The fourth-order valence-corrected chi connectivity index (χ4v) is 7.78. The van der Waals surface area contributed by atoms with Gasteiger partial charge in [0, 0.05) is 0 Å². The molecule has 4 aliphatic rings. The van der Waals surface area contributed by atoms with Gasteiger partial charge in [0.15, 0.2) is 18.9 Å². The number of thiol groups is 1. The Morgan fingerprint density at radius 1 is 0.500 bits per heavy atom. The first-order chi connectivity index (χ1) is 26.4. The van der Waals surface area contributed by atoms with Crippen molar-refractivity contribution in [1.82, 2.24) is 0 Å². The van der Waals surface area contributed by atoms with Crippen molar-refractivity contribution in [3.8, 4) is 0 Å². The Bertz CT molecular complexity index is 1230. The van der Waals surface area contributed by atoms with E-state index in [-0.39, 0.29) is 13.0 Å². The molecule has 0 bridgehead atoms. The van der Waals surface area contributed by atoms with Crippen LogP contribution in [0.15, 0.2) is 0 Å². The van der Waals surface area contributed by atoms with Crippen LogP contribution in [0.5, 0.6) is 0 Å². The highest BCUT2D eigenvalue weighted by atomic mass is 32.1. The molecule has 4 rings (SSSR count). The Balaban J connectivity index is 1.59. The predicted molar refractivity (Wildman–Crippen MR) is 181 cm³/mol. The van der Waals surface area contributed by atoms with Crippen LogP contribution in [0.25, 0.3) is 0 Å². The molecule has 0 aromatic carbocycles. The zero-order valence-electron chi connectivity index (χ0n) is 29.8. The number of aliphatic hydroxyl groups excluding tert-OH is 14. The highest BCUT2D eigenvalue weighted by Crippen LogP contribution is 2.48. The van der Waals surface area contributed by atoms with E-state index in [9.17, 15) is 80.9 Å². The molecule has 3 heterocycles. The fraction of sp³-hybridized carbons (Fsp3) is 1.00. The molecule has 22 atom stereocenters. The van der Waals surface area contributed by atoms with Crippen LogP contribution in [0.1, 0.15) is 25.7 Å². The van der Waals surface area contributed by atoms with Gasteiger partial charge < -0.3 is 105 Å². The molecule has 24 nitrogen and oxygen atoms in total. The topological polar surface area (TPSA) is 394 Å². The van der Waals surface area contributed by atoms with E-state index in [4.69, 9.17) is 37.5 Å². The molecule has 330 valence electrons. The monoisotopic (exact) mass is 862 g/mol. The third kappa shape index (κ3) is 11.3. The second kappa shape index (κ2) is 21.4. The quantitative estimate of drug-likeness (QED) is 0.0346. The number of aliphatic hydroxyl groups is 14. The van der Waals surface area contributed by atoms with Crippen molar-refractivity contribution in [2.75, 3.05) is 32.2 Å². The standard InChI is InChI=1S/C30H55O24PS/c31-7-10-13(33)16(36)22(42)28(49-10)47-9-12-15(35)18(38)24(44)30(51-12)53-26-21(41)19(39)20(40)25(52-29-23(43)17(37)14(34)11(8-32)50-29)27(26)54-55(45,46)48-5-3-1-2-4-6-56/h10-44,56H,1-9H2,(H,45,46)/t10-,11-,12-,13-,14-,15-,16+,17+,18+,19?,20-,21+,22+,23+,24+,25-,26-,27-,28+,29-,30-/m1/s1. The molecule has 56 heavy (non-hydrogen) atoms. The van der Waals surface area contributed by atoms with Crippen LogP contribution in [0.4, 0.5) is 0 Å². The maximum atomic E-state index is 13.3. The van der Waals surface area contributed by atoms with Crippen LogP contribution in [-0.2, 0) is 42.0 Å². The number of rotatable bonds is 18. The van der Waals surface area contributed by atoms with Gasteiger partial charge in [0.1, 0.15) is 110 Å². The molecular formula is C30H55O24PS. The normalized spacial score (nSPS) is 47.4. The van der Waals surface area contributed by atoms with E-state index in [0.717, 1.165) is 6.42 Å². The first kappa shape index (κ1) is 48.3. The first-order valence-electron chi connectivity index (χ1n) is 17.9. The summed E-state index contributed by atoms with van der Waals surface area (Å²) in [5, 5.41) is 146. The second-order valence-electron chi connectivity index (χ2n) is 13.9. The summed E-state index contributed by atoms with van der Waals surface area (Å²) in [6.45, 7) is -2.86. The number of hydrogen-bond donors (Lipinski definition) is 16. The summed E-state index contributed by atoms with van der Waals surface area (Å²) in [4.78, 5) is 10.7. The lowest BCUT2D eigenvalue weighted by Gasteiger charge is -2.49. The van der Waals surface area contributed by atoms with Crippen LogP contribution < -0.4 is 0 Å². The van der Waals surface area contributed by atoms with Crippen LogP contribution in [0.3, 0.4) is 0 Å². The molecule has 1 aliphatic carbocycles. The average molecular weight is 863 g/mol. The Kier molecular flexibility index (Phi) is 18.5. The lowest BCUT2D eigenvalue weighted by molar-refractivity contribution is -0.364. The summed E-state index contributed by atoms with van der Waals surface area (Å²) in [5.74, 6) is 0.610. The van der Waals surface area contributed by atoms with Gasteiger partial charge in [-0.05, 0) is 18.6 Å². The number of unbranched alkanes of at least 4 members (excludes halogenated alkanes) is 3. The molecule has 0 spiro atoms. The van der Waals surface area contributed by atoms with Crippen molar-refractivity contribution >= 4 is 20.5 Å². The zero-order chi connectivity index (χ0) is 41.6. The molecule has 0 amide bonds. The average Bonchev–Trinajstić information content (AvgIpc) is 3.17. The summed E-state index contributed by atoms with van der Waals surface area (Å²) in [5.41, 5.74) is 0. The van der Waals surface area contributed by atoms with E-state index in [2.05, 4.69) is 12.6 Å². The minimum absolute atomic E-state index is 0.274. The van der Waals surface area contributed by atoms with Gasteiger partial charge in [-0.1, -0.05) is 12.8 Å². The molecule has 0 aromatic rings. The number of phosphoric ester groups is 1. The largest absolute Gasteiger partial charge is 0.472 e. The van der Waals surface area contributed by atoms with E-state index in [1.54, 1.807) is 0 Å². The maximum absolute atomic E-state index is 13.3. The minimum atomic E-state index is -5.24. The molecule has 1 saturated carbocycles. The number of ether oxygens (including phenoxy) is 6. The molecule has 26 heteroatoms.